The fourth-order valence-corrected chi connectivity index (χ4v) is 0. The maximum atomic E-state index is 7.75. The summed E-state index contributed by atoms with van der Waals surface area (Å²) in [4.78, 5) is 7.75. The largest absolute Gasteiger partial charge is 0.545 e. The fourth-order valence-electron chi connectivity index (χ4n) is 0. The molecule has 0 aliphatic rings. The van der Waals surface area contributed by atoms with E-state index in [0.717, 1.165) is 7.11 Å². The summed E-state index contributed by atoms with van der Waals surface area (Å²) < 4.78 is 0. The van der Waals surface area contributed by atoms with Crippen LogP contribution in [0, 0.1) is 0 Å². The first-order valence-electron chi connectivity index (χ1n) is 0.683. The molecule has 0 aromatic carbocycles. The van der Waals surface area contributed by atoms with Crippen molar-refractivity contribution in [2.45, 2.75) is 0 Å². The molecule has 0 spiro atoms. The van der Waals surface area contributed by atoms with Crippen LogP contribution in [0.3, 0.4) is 0 Å². The molecule has 0 aromatic heterocycles. The van der Waals surface area contributed by atoms with Crippen LogP contribution >= 0.6 is 0 Å². The molecule has 0 unspecified atom stereocenters. The molecule has 1 radical (unpaired) electrons. The van der Waals surface area contributed by atoms with Gasteiger partial charge < -0.3 is 9.90 Å². The summed E-state index contributed by atoms with van der Waals surface area (Å²) in [5.41, 5.74) is 0. The van der Waals surface area contributed by atoms with E-state index in [9.17, 15) is 0 Å². The van der Waals surface area contributed by atoms with Gasteiger partial charge in [-0.3, -0.25) is 6.79 Å². The van der Waals surface area contributed by atoms with E-state index in [1.165, 1.54) is 0 Å². The summed E-state index contributed by atoms with van der Waals surface area (Å²) in [6, 6.07) is 0. The molecule has 0 fully saturated rings. The van der Waals surface area contributed by atoms with Crippen LogP contribution in [0.4, 0.5) is 0 Å². The molecule has 0 bridgehead atoms. The molecule has 0 heterocycles. The fraction of sp³-hybridized carbons (Fsp3) is 0.500. The van der Waals surface area contributed by atoms with E-state index < -0.39 is 0 Å². The summed E-state index contributed by atoms with van der Waals surface area (Å²) in [6.07, 6.45) is 0. The van der Waals surface area contributed by atoms with Gasteiger partial charge in [0, 0.05) is 25.7 Å². The number of carbonyl (C=O) groups excluding carboxylic acids is 1. The molecule has 0 saturated carbocycles. The van der Waals surface area contributed by atoms with E-state index in [-0.39, 0.29) is 18.6 Å². The van der Waals surface area contributed by atoms with Crippen LogP contribution in [0.1, 0.15) is 0 Å². The van der Waals surface area contributed by atoms with E-state index in [1.807, 2.05) is 0 Å². The summed E-state index contributed by atoms with van der Waals surface area (Å²) in [6.45, 7) is 3.25. The van der Waals surface area contributed by atoms with Crippen molar-refractivity contribution in [3.05, 3.63) is 0 Å². The summed E-state index contributed by atoms with van der Waals surface area (Å²) in [5, 5.41) is 7.00. The molecule has 0 amide bonds. The molecule has 2 nitrogen and oxygen atoms in total. The van der Waals surface area contributed by atoms with Gasteiger partial charge in [-0.1, -0.05) is 0 Å². The van der Waals surface area contributed by atoms with Crippen LogP contribution in [-0.4, -0.2) is 19.0 Å². The van der Waals surface area contributed by atoms with Crippen molar-refractivity contribution in [3.8, 4) is 0 Å². The third kappa shape index (κ3) is 450. The topological polar surface area (TPSA) is 37.3 Å². The predicted octanol–water partition coefficient (Wildman–Crippen LogP) is -0.668. The minimum atomic E-state index is 0. The van der Waals surface area contributed by atoms with E-state index in [0.29, 0.717) is 0 Å². The number of rotatable bonds is 0. The molecule has 3 heteroatoms. The van der Waals surface area contributed by atoms with E-state index in [4.69, 9.17) is 9.90 Å². The Bertz CT molecular complexity index is 7.61. The van der Waals surface area contributed by atoms with Gasteiger partial charge in [0.25, 0.3) is 0 Å². The van der Waals surface area contributed by atoms with Crippen molar-refractivity contribution in [1.82, 2.24) is 0 Å². The Hall–Kier alpha value is 0.214. The van der Waals surface area contributed by atoms with Gasteiger partial charge in [-0.2, -0.15) is 0 Å². The second-order valence-electron chi connectivity index (χ2n) is 0. The van der Waals surface area contributed by atoms with Crippen LogP contribution in [-0.2, 0) is 23.4 Å². The molecule has 31 valence electrons. The van der Waals surface area contributed by atoms with Crippen molar-refractivity contribution < 1.29 is 28.5 Å². The maximum Gasteiger partial charge on any atom is 0.0319 e. The van der Waals surface area contributed by atoms with Crippen molar-refractivity contribution in [1.29, 1.82) is 0 Å². The van der Waals surface area contributed by atoms with Gasteiger partial charge >= 0.3 is 0 Å². The zero-order valence-corrected chi connectivity index (χ0v) is 4.28. The average molecular weight is 112 g/mol. The van der Waals surface area contributed by atoms with Gasteiger partial charge in [0.05, 0.1) is 0 Å². The van der Waals surface area contributed by atoms with Gasteiger partial charge in [-0.25, -0.2) is 0 Å². The van der Waals surface area contributed by atoms with Gasteiger partial charge in [-0.15, -0.1) is 0 Å². The van der Waals surface area contributed by atoms with Crippen LogP contribution in [0.5, 0.6) is 0 Å². The first-order valence-corrected chi connectivity index (χ1v) is 0.683. The SMILES string of the molecule is CO.[CH-]=O.[V]. The Balaban J connectivity index is -0.0000000133. The first kappa shape index (κ1) is 18.9. The minimum absolute atomic E-state index is 0. The quantitative estimate of drug-likeness (QED) is 0.333. The third-order valence-corrected chi connectivity index (χ3v) is 0. The normalized spacial score (nSPS) is 2.00. The number of hydrogen-bond acceptors (Lipinski definition) is 2. The predicted molar refractivity (Wildman–Crippen MR) is 14.9 cm³/mol. The van der Waals surface area contributed by atoms with E-state index in [1.54, 1.807) is 0 Å². The average Bonchev–Trinajstić information content (AvgIpc) is 1.50. The summed E-state index contributed by atoms with van der Waals surface area (Å²) >= 11 is 0. The molecule has 0 aliphatic heterocycles. The Kier molecular flexibility index (Phi) is 3580. The van der Waals surface area contributed by atoms with Crippen molar-refractivity contribution in [2.24, 2.45) is 0 Å². The summed E-state index contributed by atoms with van der Waals surface area (Å²) in [7, 11) is 1.00. The zero-order valence-electron chi connectivity index (χ0n) is 2.88. The minimum Gasteiger partial charge on any atom is -0.545 e. The molecule has 0 saturated heterocycles. The smallest absolute Gasteiger partial charge is 0.0319 e. The summed E-state index contributed by atoms with van der Waals surface area (Å²) in [5.74, 6) is 0. The standard InChI is InChI=1S/CH4O.CHO.V/c2*1-2;/h2H,1H3;1H;/q;-1;. The Morgan fingerprint density at radius 2 is 1.40 bits per heavy atom. The van der Waals surface area contributed by atoms with Gasteiger partial charge in [0.2, 0.25) is 0 Å². The van der Waals surface area contributed by atoms with E-state index >= 15 is 0 Å². The van der Waals surface area contributed by atoms with Crippen molar-refractivity contribution in [3.63, 3.8) is 0 Å². The Labute approximate surface area is 43.1 Å². The second kappa shape index (κ2) is 947. The molecule has 5 heavy (non-hydrogen) atoms. The zero-order chi connectivity index (χ0) is 4.00. The molecule has 0 atom stereocenters. The number of aliphatic hydroxyl groups is 1. The molecule has 0 aliphatic carbocycles. The van der Waals surface area contributed by atoms with Crippen molar-refractivity contribution in [2.75, 3.05) is 7.11 Å². The van der Waals surface area contributed by atoms with Crippen molar-refractivity contribution >= 4 is 6.79 Å². The number of aliphatic hydroxyl groups excluding tert-OH is 1. The first-order chi connectivity index (χ1) is 2.00. The molecular weight excluding hydrogens is 107 g/mol. The van der Waals surface area contributed by atoms with Crippen LogP contribution in [0.15, 0.2) is 0 Å². The maximum absolute atomic E-state index is 7.75. The van der Waals surface area contributed by atoms with Gasteiger partial charge in [-0.05, 0) is 0 Å². The Morgan fingerprint density at radius 1 is 1.40 bits per heavy atom. The van der Waals surface area contributed by atoms with E-state index in [2.05, 4.69) is 6.79 Å². The van der Waals surface area contributed by atoms with Crippen LogP contribution in [0.2, 0.25) is 0 Å². The number of hydrogen-bond donors (Lipinski definition) is 1. The second-order valence-corrected chi connectivity index (χ2v) is 0. The van der Waals surface area contributed by atoms with Crippen LogP contribution < -0.4 is 0 Å². The van der Waals surface area contributed by atoms with Crippen LogP contribution in [0.25, 0.3) is 0 Å². The Morgan fingerprint density at radius 3 is 1.40 bits per heavy atom. The molecule has 1 N–H and O–H groups in total. The molecule has 0 rings (SSSR count). The third-order valence-electron chi connectivity index (χ3n) is 0. The van der Waals surface area contributed by atoms with Gasteiger partial charge in [0.1, 0.15) is 0 Å². The monoisotopic (exact) mass is 112 g/mol. The molecular formula is C2H5O2V-. The molecule has 0 aromatic rings. The van der Waals surface area contributed by atoms with Gasteiger partial charge in [0.15, 0.2) is 0 Å².